The molecule has 25 heavy (non-hydrogen) atoms. The van der Waals surface area contributed by atoms with E-state index in [9.17, 15) is 22.8 Å². The first-order valence-corrected chi connectivity index (χ1v) is 7.85. The Morgan fingerprint density at radius 3 is 2.52 bits per heavy atom. The molecule has 3 aromatic rings. The van der Waals surface area contributed by atoms with E-state index in [4.69, 9.17) is 0 Å². The molecule has 1 aromatic heterocycles. The molecule has 0 atom stereocenters. The van der Waals surface area contributed by atoms with Crippen LogP contribution < -0.4 is 10.7 Å². The molecule has 0 aliphatic carbocycles. The maximum absolute atomic E-state index is 13.0. The van der Waals surface area contributed by atoms with Crippen molar-refractivity contribution < 1.29 is 18.0 Å². The fourth-order valence-corrected chi connectivity index (χ4v) is 2.82. The van der Waals surface area contributed by atoms with Gasteiger partial charge in [-0.15, -0.1) is 0 Å². The lowest BCUT2D eigenvalue weighted by atomic mass is 10.1. The van der Waals surface area contributed by atoms with Gasteiger partial charge in [0.05, 0.1) is 11.1 Å². The van der Waals surface area contributed by atoms with Crippen LogP contribution in [0.25, 0.3) is 10.9 Å². The molecule has 0 bridgehead atoms. The van der Waals surface area contributed by atoms with Gasteiger partial charge in [-0.2, -0.15) is 13.2 Å². The van der Waals surface area contributed by atoms with Crippen LogP contribution in [-0.4, -0.2) is 10.9 Å². The molecule has 0 aliphatic rings. The lowest BCUT2D eigenvalue weighted by Gasteiger charge is -2.11. The van der Waals surface area contributed by atoms with E-state index in [1.54, 1.807) is 24.3 Å². The molecule has 0 saturated heterocycles. The Labute approximate surface area is 147 Å². The number of hydrogen-bond acceptors (Lipinski definition) is 2. The summed E-state index contributed by atoms with van der Waals surface area (Å²) >= 11 is 3.26. The summed E-state index contributed by atoms with van der Waals surface area (Å²) in [7, 11) is 0. The first-order chi connectivity index (χ1) is 11.8. The minimum absolute atomic E-state index is 0.197. The number of aromatic amines is 1. The zero-order chi connectivity index (χ0) is 18.2. The van der Waals surface area contributed by atoms with Crippen LogP contribution in [0.5, 0.6) is 0 Å². The number of hydrogen-bond donors (Lipinski definition) is 2. The first-order valence-electron chi connectivity index (χ1n) is 7.06. The van der Waals surface area contributed by atoms with Crippen molar-refractivity contribution in [2.24, 2.45) is 0 Å². The van der Waals surface area contributed by atoms with Crippen molar-refractivity contribution in [3.05, 3.63) is 74.5 Å². The minimum Gasteiger partial charge on any atom is -0.360 e. The quantitative estimate of drug-likeness (QED) is 0.650. The Morgan fingerprint density at radius 2 is 1.84 bits per heavy atom. The van der Waals surface area contributed by atoms with E-state index >= 15 is 0 Å². The molecule has 0 aliphatic heterocycles. The van der Waals surface area contributed by atoms with Crippen LogP contribution in [0.15, 0.2) is 57.9 Å². The molecule has 0 saturated carbocycles. The number of benzene rings is 2. The van der Waals surface area contributed by atoms with Gasteiger partial charge in [0.15, 0.2) is 0 Å². The van der Waals surface area contributed by atoms with E-state index in [0.29, 0.717) is 5.69 Å². The van der Waals surface area contributed by atoms with Crippen molar-refractivity contribution in [2.75, 3.05) is 5.32 Å². The van der Waals surface area contributed by atoms with E-state index in [-0.39, 0.29) is 16.5 Å². The summed E-state index contributed by atoms with van der Waals surface area (Å²) < 4.78 is 39.8. The average molecular weight is 411 g/mol. The molecule has 0 radical (unpaired) electrons. The number of fused-ring (bicyclic) bond motifs is 1. The van der Waals surface area contributed by atoms with E-state index < -0.39 is 23.1 Å². The summed E-state index contributed by atoms with van der Waals surface area (Å²) in [5.74, 6) is -0.710. The number of para-hydroxylation sites is 1. The van der Waals surface area contributed by atoms with Crippen molar-refractivity contribution in [3.8, 4) is 0 Å². The zero-order valence-corrected chi connectivity index (χ0v) is 14.0. The SMILES string of the molecule is O=C(Nc1cccc(Br)c1)c1c[nH]c2c(C(F)(F)F)cccc2c1=O. The van der Waals surface area contributed by atoms with Crippen LogP contribution in [0.3, 0.4) is 0 Å². The fraction of sp³-hybridized carbons (Fsp3) is 0.0588. The highest BCUT2D eigenvalue weighted by atomic mass is 79.9. The second kappa shape index (κ2) is 6.36. The number of rotatable bonds is 2. The van der Waals surface area contributed by atoms with Gasteiger partial charge in [-0.25, -0.2) is 0 Å². The van der Waals surface area contributed by atoms with Crippen LogP contribution in [0.4, 0.5) is 18.9 Å². The smallest absolute Gasteiger partial charge is 0.360 e. The number of alkyl halides is 3. The first kappa shape index (κ1) is 17.2. The Morgan fingerprint density at radius 1 is 1.12 bits per heavy atom. The number of aromatic nitrogens is 1. The molecule has 4 nitrogen and oxygen atoms in total. The number of halogens is 4. The molecule has 128 valence electrons. The molecule has 2 aromatic carbocycles. The predicted octanol–water partition coefficient (Wildman–Crippen LogP) is 4.56. The summed E-state index contributed by atoms with van der Waals surface area (Å²) in [6.45, 7) is 0. The molecular weight excluding hydrogens is 401 g/mol. The normalized spacial score (nSPS) is 11.5. The van der Waals surface area contributed by atoms with Crippen molar-refractivity contribution in [2.45, 2.75) is 6.18 Å². The third kappa shape index (κ3) is 3.43. The van der Waals surface area contributed by atoms with E-state index in [0.717, 1.165) is 22.8 Å². The molecule has 0 spiro atoms. The predicted molar refractivity (Wildman–Crippen MR) is 91.7 cm³/mol. The Kier molecular flexibility index (Phi) is 4.38. The van der Waals surface area contributed by atoms with Gasteiger partial charge in [0.2, 0.25) is 5.43 Å². The highest BCUT2D eigenvalue weighted by Crippen LogP contribution is 2.33. The number of pyridine rings is 1. The molecule has 3 rings (SSSR count). The highest BCUT2D eigenvalue weighted by molar-refractivity contribution is 9.10. The molecule has 8 heteroatoms. The Bertz CT molecular complexity index is 1030. The van der Waals surface area contributed by atoms with Crippen molar-refractivity contribution >= 4 is 38.4 Å². The van der Waals surface area contributed by atoms with Crippen LogP contribution in [0.2, 0.25) is 0 Å². The number of anilines is 1. The van der Waals surface area contributed by atoms with E-state index in [1.807, 2.05) is 0 Å². The molecule has 2 N–H and O–H groups in total. The van der Waals surface area contributed by atoms with Gasteiger partial charge in [0.1, 0.15) is 5.56 Å². The van der Waals surface area contributed by atoms with E-state index in [2.05, 4.69) is 26.2 Å². The van der Waals surface area contributed by atoms with Crippen molar-refractivity contribution in [1.29, 1.82) is 0 Å². The van der Waals surface area contributed by atoms with Gasteiger partial charge in [-0.3, -0.25) is 9.59 Å². The highest BCUT2D eigenvalue weighted by Gasteiger charge is 2.33. The van der Waals surface area contributed by atoms with Crippen LogP contribution in [0, 0.1) is 0 Å². The number of carbonyl (C=O) groups excluding carboxylic acids is 1. The van der Waals surface area contributed by atoms with Gasteiger partial charge in [0.25, 0.3) is 5.91 Å². The molecule has 0 unspecified atom stereocenters. The maximum atomic E-state index is 13.0. The molecule has 1 amide bonds. The second-order valence-corrected chi connectivity index (χ2v) is 6.14. The maximum Gasteiger partial charge on any atom is 0.418 e. The Hall–Kier alpha value is -2.61. The van der Waals surface area contributed by atoms with Gasteiger partial charge >= 0.3 is 6.18 Å². The van der Waals surface area contributed by atoms with Gasteiger partial charge in [-0.1, -0.05) is 28.1 Å². The number of amides is 1. The third-order valence-electron chi connectivity index (χ3n) is 3.55. The minimum atomic E-state index is -4.61. The molecule has 1 heterocycles. The average Bonchev–Trinajstić information content (AvgIpc) is 2.54. The molecule has 0 fully saturated rings. The standard InChI is InChI=1S/C17H10BrF3N2O2/c18-9-3-1-4-10(7-9)23-16(25)12-8-22-14-11(15(12)24)5-2-6-13(14)17(19,20)21/h1-8H,(H,22,24)(H,23,25). The van der Waals surface area contributed by atoms with Gasteiger partial charge in [-0.05, 0) is 30.3 Å². The van der Waals surface area contributed by atoms with Crippen LogP contribution >= 0.6 is 15.9 Å². The second-order valence-electron chi connectivity index (χ2n) is 5.22. The summed E-state index contributed by atoms with van der Waals surface area (Å²) in [6.07, 6.45) is -3.62. The third-order valence-corrected chi connectivity index (χ3v) is 4.04. The molecular formula is C17H10BrF3N2O2. The van der Waals surface area contributed by atoms with Gasteiger partial charge < -0.3 is 10.3 Å². The lowest BCUT2D eigenvalue weighted by molar-refractivity contribution is -0.136. The van der Waals surface area contributed by atoms with E-state index in [1.165, 1.54) is 6.07 Å². The summed E-state index contributed by atoms with van der Waals surface area (Å²) in [5.41, 5.74) is -1.90. The Balaban J connectivity index is 2.05. The number of carbonyl (C=O) groups is 1. The fourth-order valence-electron chi connectivity index (χ4n) is 2.42. The zero-order valence-electron chi connectivity index (χ0n) is 12.4. The van der Waals surface area contributed by atoms with Gasteiger partial charge in [0, 0.05) is 21.7 Å². The summed E-state index contributed by atoms with van der Waals surface area (Å²) in [5, 5.41) is 2.34. The number of nitrogens with one attached hydrogen (secondary N) is 2. The summed E-state index contributed by atoms with van der Waals surface area (Å²) in [6, 6.07) is 9.97. The topological polar surface area (TPSA) is 62.0 Å². The van der Waals surface area contributed by atoms with Crippen molar-refractivity contribution in [3.63, 3.8) is 0 Å². The lowest BCUT2D eigenvalue weighted by Crippen LogP contribution is -2.22. The van der Waals surface area contributed by atoms with Crippen molar-refractivity contribution in [1.82, 2.24) is 4.98 Å². The van der Waals surface area contributed by atoms with Crippen LogP contribution in [0.1, 0.15) is 15.9 Å². The largest absolute Gasteiger partial charge is 0.418 e. The van der Waals surface area contributed by atoms with Crippen LogP contribution in [-0.2, 0) is 6.18 Å². The number of H-pyrrole nitrogens is 1. The summed E-state index contributed by atoms with van der Waals surface area (Å²) in [4.78, 5) is 27.2. The monoisotopic (exact) mass is 410 g/mol.